The van der Waals surface area contributed by atoms with Crippen molar-refractivity contribution in [1.29, 1.82) is 0 Å². The average molecular weight is 239 g/mol. The zero-order valence-corrected chi connectivity index (χ0v) is 10.3. The Bertz CT molecular complexity index is 729. The third kappa shape index (κ3) is 1.52. The summed E-state index contributed by atoms with van der Waals surface area (Å²) in [7, 11) is 0. The number of rotatable bonds is 1. The second kappa shape index (κ2) is 3.80. The number of para-hydroxylation sites is 1. The Hall–Kier alpha value is -2.43. The van der Waals surface area contributed by atoms with E-state index in [9.17, 15) is 0 Å². The summed E-state index contributed by atoms with van der Waals surface area (Å²) in [5, 5.41) is 0.965. The number of anilines is 1. The maximum absolute atomic E-state index is 5.76. The molecule has 0 fully saturated rings. The molecule has 0 aliphatic carbocycles. The number of nitrogen functional groups attached to an aromatic ring is 1. The summed E-state index contributed by atoms with van der Waals surface area (Å²) in [5.41, 5.74) is 8.64. The zero-order chi connectivity index (χ0) is 12.7. The minimum atomic E-state index is 0.273. The van der Waals surface area contributed by atoms with Crippen molar-refractivity contribution >= 4 is 16.9 Å². The molecule has 0 radical (unpaired) electrons. The van der Waals surface area contributed by atoms with Crippen LogP contribution in [-0.2, 0) is 0 Å². The van der Waals surface area contributed by atoms with E-state index in [0.717, 1.165) is 28.1 Å². The van der Waals surface area contributed by atoms with Gasteiger partial charge in [-0.1, -0.05) is 12.1 Å². The molecule has 0 atom stereocenters. The highest BCUT2D eigenvalue weighted by Crippen LogP contribution is 2.21. The molecule has 1 aromatic carbocycles. The normalized spacial score (nSPS) is 11.0. The third-order valence-corrected chi connectivity index (χ3v) is 3.08. The lowest BCUT2D eigenvalue weighted by Crippen LogP contribution is -2.04. The van der Waals surface area contributed by atoms with E-state index in [1.807, 2.05) is 42.7 Å². The molecule has 3 rings (SSSR count). The smallest absolute Gasteiger partial charge is 0.222 e. The van der Waals surface area contributed by atoms with Crippen LogP contribution in [0.4, 0.5) is 5.95 Å². The summed E-state index contributed by atoms with van der Waals surface area (Å²) in [6, 6.07) is 7.81. The molecular weight excluding hydrogens is 226 g/mol. The highest BCUT2D eigenvalue weighted by molar-refractivity contribution is 5.86. The van der Waals surface area contributed by atoms with Crippen LogP contribution >= 0.6 is 0 Å². The Morgan fingerprint density at radius 1 is 1.11 bits per heavy atom. The largest absolute Gasteiger partial charge is 0.368 e. The first-order chi connectivity index (χ1) is 8.66. The number of aromatic nitrogens is 4. The van der Waals surface area contributed by atoms with Crippen molar-refractivity contribution in [2.24, 2.45) is 0 Å². The van der Waals surface area contributed by atoms with Gasteiger partial charge in [0.2, 0.25) is 5.95 Å². The highest BCUT2D eigenvalue weighted by Gasteiger charge is 2.11. The standard InChI is InChI=1S/C13H13N5/c1-8-9(2)18(7-15-8)12-10-5-3-4-6-11(10)16-13(14)17-12/h3-7H,1-2H3,(H2,14,16,17). The molecule has 2 heterocycles. The summed E-state index contributed by atoms with van der Waals surface area (Å²) in [6.07, 6.45) is 1.76. The second-order valence-electron chi connectivity index (χ2n) is 4.21. The van der Waals surface area contributed by atoms with Gasteiger partial charge >= 0.3 is 0 Å². The van der Waals surface area contributed by atoms with E-state index in [2.05, 4.69) is 15.0 Å². The lowest BCUT2D eigenvalue weighted by molar-refractivity contribution is 0.957. The molecule has 0 saturated heterocycles. The van der Waals surface area contributed by atoms with Crippen LogP contribution in [0.15, 0.2) is 30.6 Å². The predicted octanol–water partition coefficient (Wildman–Crippen LogP) is 2.01. The monoisotopic (exact) mass is 239 g/mol. The number of nitrogens with two attached hydrogens (primary N) is 1. The molecule has 18 heavy (non-hydrogen) atoms. The molecule has 0 aliphatic rings. The molecule has 0 bridgehead atoms. The van der Waals surface area contributed by atoms with E-state index in [-0.39, 0.29) is 5.95 Å². The molecule has 0 aliphatic heterocycles. The molecule has 0 unspecified atom stereocenters. The molecule has 0 saturated carbocycles. The number of aryl methyl sites for hydroxylation is 1. The molecule has 3 aromatic rings. The van der Waals surface area contributed by atoms with Gasteiger partial charge in [-0.2, -0.15) is 4.98 Å². The summed E-state index contributed by atoms with van der Waals surface area (Å²) in [6.45, 7) is 3.98. The number of hydrogen-bond acceptors (Lipinski definition) is 4. The summed E-state index contributed by atoms with van der Waals surface area (Å²) >= 11 is 0. The van der Waals surface area contributed by atoms with Crippen LogP contribution in [-0.4, -0.2) is 19.5 Å². The number of imidazole rings is 1. The maximum atomic E-state index is 5.76. The number of benzene rings is 1. The molecule has 2 N–H and O–H groups in total. The maximum Gasteiger partial charge on any atom is 0.222 e. The Kier molecular flexibility index (Phi) is 2.26. The summed E-state index contributed by atoms with van der Waals surface area (Å²) in [4.78, 5) is 12.9. The summed E-state index contributed by atoms with van der Waals surface area (Å²) in [5.74, 6) is 1.05. The van der Waals surface area contributed by atoms with Crippen LogP contribution in [0.5, 0.6) is 0 Å². The van der Waals surface area contributed by atoms with Gasteiger partial charge in [-0.05, 0) is 26.0 Å². The van der Waals surface area contributed by atoms with E-state index in [1.54, 1.807) is 6.33 Å². The first-order valence-corrected chi connectivity index (χ1v) is 5.70. The van der Waals surface area contributed by atoms with E-state index in [4.69, 9.17) is 5.73 Å². The molecule has 0 spiro atoms. The fraction of sp³-hybridized carbons (Fsp3) is 0.154. The van der Waals surface area contributed by atoms with Crippen LogP contribution in [0.25, 0.3) is 16.7 Å². The fourth-order valence-electron chi connectivity index (χ4n) is 1.97. The molecular formula is C13H13N5. The van der Waals surface area contributed by atoms with Crippen molar-refractivity contribution in [2.75, 3.05) is 5.73 Å². The van der Waals surface area contributed by atoms with Gasteiger partial charge in [0, 0.05) is 11.1 Å². The minimum Gasteiger partial charge on any atom is -0.368 e. The van der Waals surface area contributed by atoms with Crippen LogP contribution < -0.4 is 5.73 Å². The van der Waals surface area contributed by atoms with Gasteiger partial charge in [0.1, 0.15) is 6.33 Å². The SMILES string of the molecule is Cc1ncn(-c2nc(N)nc3ccccc23)c1C. The molecule has 5 heteroatoms. The van der Waals surface area contributed by atoms with Gasteiger partial charge in [0.05, 0.1) is 11.2 Å². The Morgan fingerprint density at radius 3 is 2.61 bits per heavy atom. The Labute approximate surface area is 104 Å². The van der Waals surface area contributed by atoms with Crippen molar-refractivity contribution in [1.82, 2.24) is 19.5 Å². The van der Waals surface area contributed by atoms with Gasteiger partial charge in [0.15, 0.2) is 5.82 Å². The van der Waals surface area contributed by atoms with Crippen LogP contribution in [0, 0.1) is 13.8 Å². The Balaban J connectivity index is 2.38. The van der Waals surface area contributed by atoms with Crippen LogP contribution in [0.3, 0.4) is 0 Å². The molecule has 0 amide bonds. The number of fused-ring (bicyclic) bond motifs is 1. The Morgan fingerprint density at radius 2 is 1.89 bits per heavy atom. The van der Waals surface area contributed by atoms with Gasteiger partial charge in [-0.15, -0.1) is 0 Å². The van der Waals surface area contributed by atoms with Gasteiger partial charge in [-0.3, -0.25) is 4.57 Å². The van der Waals surface area contributed by atoms with Crippen molar-refractivity contribution in [2.45, 2.75) is 13.8 Å². The van der Waals surface area contributed by atoms with Gasteiger partial charge < -0.3 is 5.73 Å². The van der Waals surface area contributed by atoms with Crippen LogP contribution in [0.2, 0.25) is 0 Å². The van der Waals surface area contributed by atoms with Crippen molar-refractivity contribution in [3.8, 4) is 5.82 Å². The molecule has 90 valence electrons. The van der Waals surface area contributed by atoms with Crippen molar-refractivity contribution in [3.05, 3.63) is 42.0 Å². The van der Waals surface area contributed by atoms with E-state index < -0.39 is 0 Å². The molecule has 2 aromatic heterocycles. The van der Waals surface area contributed by atoms with E-state index in [0.29, 0.717) is 0 Å². The van der Waals surface area contributed by atoms with E-state index >= 15 is 0 Å². The predicted molar refractivity (Wildman–Crippen MR) is 70.5 cm³/mol. The first-order valence-electron chi connectivity index (χ1n) is 5.70. The highest BCUT2D eigenvalue weighted by atomic mass is 15.2. The first kappa shape index (κ1) is 10.7. The van der Waals surface area contributed by atoms with Crippen molar-refractivity contribution < 1.29 is 0 Å². The number of hydrogen-bond donors (Lipinski definition) is 1. The fourth-order valence-corrected chi connectivity index (χ4v) is 1.97. The second-order valence-corrected chi connectivity index (χ2v) is 4.21. The summed E-state index contributed by atoms with van der Waals surface area (Å²) < 4.78 is 1.94. The quantitative estimate of drug-likeness (QED) is 0.705. The van der Waals surface area contributed by atoms with Gasteiger partial charge in [-0.25, -0.2) is 9.97 Å². The zero-order valence-electron chi connectivity index (χ0n) is 10.3. The van der Waals surface area contributed by atoms with E-state index in [1.165, 1.54) is 0 Å². The number of nitrogens with zero attached hydrogens (tertiary/aromatic N) is 4. The van der Waals surface area contributed by atoms with Crippen LogP contribution in [0.1, 0.15) is 11.4 Å². The third-order valence-electron chi connectivity index (χ3n) is 3.08. The van der Waals surface area contributed by atoms with Crippen molar-refractivity contribution in [3.63, 3.8) is 0 Å². The van der Waals surface area contributed by atoms with Gasteiger partial charge in [0.25, 0.3) is 0 Å². The topological polar surface area (TPSA) is 69.6 Å². The lowest BCUT2D eigenvalue weighted by Gasteiger charge is -2.08. The minimum absolute atomic E-state index is 0.273. The average Bonchev–Trinajstić information content (AvgIpc) is 2.69. The lowest BCUT2D eigenvalue weighted by atomic mass is 10.2. The molecule has 5 nitrogen and oxygen atoms in total.